The summed E-state index contributed by atoms with van der Waals surface area (Å²) < 4.78 is 15.7. The molecule has 3 rings (SSSR count). The maximum atomic E-state index is 14.0. The zero-order valence-corrected chi connectivity index (χ0v) is 13.4. The highest BCUT2D eigenvalue weighted by atomic mass is 19.1. The Morgan fingerprint density at radius 3 is 2.96 bits per heavy atom. The van der Waals surface area contributed by atoms with Crippen molar-refractivity contribution in [2.45, 2.75) is 13.5 Å². The van der Waals surface area contributed by atoms with Crippen molar-refractivity contribution in [2.24, 2.45) is 0 Å². The van der Waals surface area contributed by atoms with Gasteiger partial charge in [-0.2, -0.15) is 10.4 Å². The van der Waals surface area contributed by atoms with Crippen LogP contribution < -0.4 is 5.32 Å². The molecule has 0 saturated heterocycles. The first-order valence-electron chi connectivity index (χ1n) is 7.60. The van der Waals surface area contributed by atoms with Crippen LogP contribution in [-0.2, 0) is 6.54 Å². The minimum Gasteiger partial charge on any atom is -0.319 e. The van der Waals surface area contributed by atoms with Crippen molar-refractivity contribution in [1.29, 1.82) is 5.26 Å². The first kappa shape index (κ1) is 16.3. The highest BCUT2D eigenvalue weighted by molar-refractivity contribution is 6.04. The normalized spacial score (nSPS) is 10.3. The molecule has 0 aliphatic rings. The van der Waals surface area contributed by atoms with Gasteiger partial charge in [0, 0.05) is 30.1 Å². The fraction of sp³-hybridized carbons (Fsp3) is 0.111. The van der Waals surface area contributed by atoms with E-state index in [0.717, 1.165) is 6.07 Å². The lowest BCUT2D eigenvalue weighted by atomic mass is 10.0. The third kappa shape index (κ3) is 3.53. The van der Waals surface area contributed by atoms with Gasteiger partial charge in [-0.15, -0.1) is 0 Å². The van der Waals surface area contributed by atoms with Gasteiger partial charge in [0.2, 0.25) is 0 Å². The minimum atomic E-state index is -0.570. The molecular weight excluding hydrogens is 321 g/mol. The van der Waals surface area contributed by atoms with Crippen LogP contribution in [0, 0.1) is 17.1 Å². The summed E-state index contributed by atoms with van der Waals surface area (Å²) >= 11 is 0. The number of pyridine rings is 1. The molecule has 0 bridgehead atoms. The lowest BCUT2D eigenvalue weighted by Crippen LogP contribution is -2.12. The number of hydrogen-bond donors (Lipinski definition) is 1. The van der Waals surface area contributed by atoms with E-state index in [-0.39, 0.29) is 11.3 Å². The second-order valence-corrected chi connectivity index (χ2v) is 5.28. The first-order valence-corrected chi connectivity index (χ1v) is 7.60. The van der Waals surface area contributed by atoms with E-state index in [1.165, 1.54) is 24.5 Å². The third-order valence-electron chi connectivity index (χ3n) is 3.60. The molecule has 0 radical (unpaired) electrons. The number of nitriles is 1. The second-order valence-electron chi connectivity index (χ2n) is 5.28. The molecule has 0 aliphatic carbocycles. The van der Waals surface area contributed by atoms with Gasteiger partial charge in [0.1, 0.15) is 17.6 Å². The largest absolute Gasteiger partial charge is 0.319 e. The fourth-order valence-corrected chi connectivity index (χ4v) is 2.41. The number of halogens is 1. The van der Waals surface area contributed by atoms with Gasteiger partial charge in [-0.1, -0.05) is 0 Å². The number of aryl methyl sites for hydroxylation is 1. The van der Waals surface area contributed by atoms with E-state index in [9.17, 15) is 9.18 Å². The quantitative estimate of drug-likeness (QED) is 0.793. The Balaban J connectivity index is 1.94. The van der Waals surface area contributed by atoms with Crippen LogP contribution in [0.4, 0.5) is 10.1 Å². The summed E-state index contributed by atoms with van der Waals surface area (Å²) in [5.41, 5.74) is 1.73. The predicted molar refractivity (Wildman–Crippen MR) is 90.2 cm³/mol. The van der Waals surface area contributed by atoms with Crippen LogP contribution in [0.25, 0.3) is 11.1 Å². The molecule has 0 fully saturated rings. The van der Waals surface area contributed by atoms with Gasteiger partial charge in [-0.25, -0.2) is 9.37 Å². The third-order valence-corrected chi connectivity index (χ3v) is 3.60. The number of hydrogen-bond acceptors (Lipinski definition) is 4. The van der Waals surface area contributed by atoms with E-state index < -0.39 is 11.7 Å². The molecule has 25 heavy (non-hydrogen) atoms. The van der Waals surface area contributed by atoms with Gasteiger partial charge in [0.15, 0.2) is 0 Å². The molecule has 7 heteroatoms. The van der Waals surface area contributed by atoms with Crippen LogP contribution in [0.15, 0.2) is 48.9 Å². The maximum absolute atomic E-state index is 14.0. The van der Waals surface area contributed by atoms with Crippen LogP contribution in [0.2, 0.25) is 0 Å². The molecular formula is C18H14FN5O. The van der Waals surface area contributed by atoms with E-state index in [2.05, 4.69) is 15.4 Å². The van der Waals surface area contributed by atoms with E-state index in [0.29, 0.717) is 23.4 Å². The van der Waals surface area contributed by atoms with Crippen LogP contribution in [-0.4, -0.2) is 20.7 Å². The van der Waals surface area contributed by atoms with E-state index >= 15 is 0 Å². The van der Waals surface area contributed by atoms with Crippen molar-refractivity contribution in [3.05, 3.63) is 66.0 Å². The van der Waals surface area contributed by atoms with Crippen LogP contribution in [0.3, 0.4) is 0 Å². The topological polar surface area (TPSA) is 83.6 Å². The molecule has 1 N–H and O–H groups in total. The number of carbonyl (C=O) groups is 1. The molecule has 2 aromatic heterocycles. The lowest BCUT2D eigenvalue weighted by molar-refractivity contribution is 0.102. The highest BCUT2D eigenvalue weighted by Gasteiger charge is 2.13. The van der Waals surface area contributed by atoms with Crippen molar-refractivity contribution < 1.29 is 9.18 Å². The molecule has 0 atom stereocenters. The van der Waals surface area contributed by atoms with Crippen LogP contribution in [0.5, 0.6) is 0 Å². The van der Waals surface area contributed by atoms with Gasteiger partial charge < -0.3 is 5.32 Å². The Hall–Kier alpha value is -3.53. The maximum Gasteiger partial charge on any atom is 0.255 e. The second kappa shape index (κ2) is 6.93. The van der Waals surface area contributed by atoms with Gasteiger partial charge in [0.05, 0.1) is 11.9 Å². The van der Waals surface area contributed by atoms with Gasteiger partial charge in [-0.3, -0.25) is 9.48 Å². The first-order chi connectivity index (χ1) is 12.1. The summed E-state index contributed by atoms with van der Waals surface area (Å²) in [5.74, 6) is -1.03. The summed E-state index contributed by atoms with van der Waals surface area (Å²) in [6, 6.07) is 9.22. The number of nitrogens with zero attached hydrogens (tertiary/aromatic N) is 4. The summed E-state index contributed by atoms with van der Waals surface area (Å²) in [5, 5.41) is 15.9. The Morgan fingerprint density at radius 1 is 1.40 bits per heavy atom. The average molecular weight is 335 g/mol. The van der Waals surface area contributed by atoms with Crippen LogP contribution in [0.1, 0.15) is 23.0 Å². The van der Waals surface area contributed by atoms with Crippen molar-refractivity contribution in [2.75, 3.05) is 5.32 Å². The average Bonchev–Trinajstić information content (AvgIpc) is 3.08. The predicted octanol–water partition coefficient (Wildman–Crippen LogP) is 3.23. The zero-order chi connectivity index (χ0) is 17.8. The van der Waals surface area contributed by atoms with Crippen molar-refractivity contribution in [1.82, 2.24) is 14.8 Å². The van der Waals surface area contributed by atoms with Crippen molar-refractivity contribution >= 4 is 11.6 Å². The number of aromatic nitrogens is 3. The molecule has 0 unspecified atom stereocenters. The molecule has 124 valence electrons. The number of anilines is 1. The summed E-state index contributed by atoms with van der Waals surface area (Å²) in [7, 11) is 0. The van der Waals surface area contributed by atoms with E-state index in [1.807, 2.05) is 13.0 Å². The summed E-state index contributed by atoms with van der Waals surface area (Å²) in [6.45, 7) is 2.61. The number of rotatable bonds is 4. The Kier molecular flexibility index (Phi) is 4.53. The number of carbonyl (C=O) groups excluding carboxylic acids is 1. The number of amides is 1. The summed E-state index contributed by atoms with van der Waals surface area (Å²) in [4.78, 5) is 16.4. The van der Waals surface area contributed by atoms with Crippen molar-refractivity contribution in [3.63, 3.8) is 0 Å². The standard InChI is InChI=1S/C18H14FN5O/c1-2-24-11-15(10-22-24)23-18(25)13-6-12(7-14(19)8-13)16-4-3-5-21-17(16)9-20/h3-8,10-11H,2H2,1H3,(H,23,25). The van der Waals surface area contributed by atoms with Crippen LogP contribution >= 0.6 is 0 Å². The molecule has 6 nitrogen and oxygen atoms in total. The smallest absolute Gasteiger partial charge is 0.255 e. The molecule has 3 aromatic rings. The monoisotopic (exact) mass is 335 g/mol. The molecule has 1 aromatic carbocycles. The zero-order valence-electron chi connectivity index (χ0n) is 13.4. The highest BCUT2D eigenvalue weighted by Crippen LogP contribution is 2.24. The molecule has 0 spiro atoms. The Bertz CT molecular complexity index is 974. The van der Waals surface area contributed by atoms with Crippen molar-refractivity contribution in [3.8, 4) is 17.2 Å². The van der Waals surface area contributed by atoms with Gasteiger partial charge >= 0.3 is 0 Å². The van der Waals surface area contributed by atoms with E-state index in [1.54, 1.807) is 23.0 Å². The lowest BCUT2D eigenvalue weighted by Gasteiger charge is -2.07. The SMILES string of the molecule is CCn1cc(NC(=O)c2cc(F)cc(-c3cccnc3C#N)c2)cn1. The van der Waals surface area contributed by atoms with Gasteiger partial charge in [0.25, 0.3) is 5.91 Å². The number of benzene rings is 1. The Labute approximate surface area is 143 Å². The number of nitrogens with one attached hydrogen (secondary N) is 1. The van der Waals surface area contributed by atoms with Gasteiger partial charge in [-0.05, 0) is 42.8 Å². The van der Waals surface area contributed by atoms with E-state index in [4.69, 9.17) is 5.26 Å². The molecule has 0 saturated carbocycles. The molecule has 2 heterocycles. The molecule has 1 amide bonds. The summed E-state index contributed by atoms with van der Waals surface area (Å²) in [6.07, 6.45) is 4.70. The molecule has 0 aliphatic heterocycles. The Morgan fingerprint density at radius 2 is 2.24 bits per heavy atom. The minimum absolute atomic E-state index is 0.145. The fourth-order valence-electron chi connectivity index (χ4n) is 2.41.